The van der Waals surface area contributed by atoms with Crippen LogP contribution in [0.15, 0.2) is 28.8 Å². The van der Waals surface area contributed by atoms with Crippen molar-refractivity contribution in [3.8, 4) is 11.5 Å². The van der Waals surface area contributed by atoms with Crippen LogP contribution in [0.1, 0.15) is 5.76 Å². The van der Waals surface area contributed by atoms with Crippen molar-refractivity contribution in [2.45, 2.75) is 6.54 Å². The van der Waals surface area contributed by atoms with E-state index in [0.717, 1.165) is 69.7 Å². The van der Waals surface area contributed by atoms with Crippen molar-refractivity contribution in [2.24, 2.45) is 11.8 Å². The molecule has 2 aliphatic rings. The first-order chi connectivity index (χ1) is 12.3. The van der Waals surface area contributed by atoms with Gasteiger partial charge in [-0.2, -0.15) is 5.10 Å². The van der Waals surface area contributed by atoms with Gasteiger partial charge in [-0.25, -0.2) is 0 Å². The molecule has 0 aliphatic carbocycles. The molecule has 136 valence electrons. The van der Waals surface area contributed by atoms with Gasteiger partial charge in [-0.3, -0.25) is 14.9 Å². The fourth-order valence-electron chi connectivity index (χ4n) is 3.92. The van der Waals surface area contributed by atoms with Gasteiger partial charge in [0.15, 0.2) is 5.76 Å². The topological polar surface area (TPSA) is 77.8 Å². The van der Waals surface area contributed by atoms with Gasteiger partial charge in [-0.15, -0.1) is 0 Å². The highest BCUT2D eigenvalue weighted by molar-refractivity contribution is 5.51. The van der Waals surface area contributed by atoms with Gasteiger partial charge in [0.25, 0.3) is 0 Å². The molecule has 0 spiro atoms. The molecule has 0 amide bonds. The van der Waals surface area contributed by atoms with Crippen LogP contribution in [0.2, 0.25) is 0 Å². The summed E-state index contributed by atoms with van der Waals surface area (Å²) in [6, 6.07) is 5.91. The molecule has 25 heavy (non-hydrogen) atoms. The quantitative estimate of drug-likeness (QED) is 0.814. The average molecular weight is 346 g/mol. The first-order valence-electron chi connectivity index (χ1n) is 9.03. The maximum atomic E-state index is 9.77. The fourth-order valence-corrected chi connectivity index (χ4v) is 3.92. The zero-order chi connectivity index (χ0) is 17.1. The molecule has 2 saturated heterocycles. The molecule has 0 unspecified atom stereocenters. The van der Waals surface area contributed by atoms with Crippen molar-refractivity contribution in [3.63, 3.8) is 0 Å². The molecule has 0 saturated carbocycles. The molecule has 4 heterocycles. The number of aliphatic hydroxyl groups excluding tert-OH is 1. The Balaban J connectivity index is 1.35. The molecular formula is C18H26N4O3. The molecule has 0 aromatic carbocycles. The molecule has 2 atom stereocenters. The first-order valence-corrected chi connectivity index (χ1v) is 9.03. The van der Waals surface area contributed by atoms with E-state index in [4.69, 9.17) is 9.15 Å². The normalized spacial score (nSPS) is 25.6. The SMILES string of the molecule is OC[C@H]1CN(Cc2ccc(-c3ccn[nH]3)o2)C[C@H]1CN1CCOCC1. The predicted molar refractivity (Wildman–Crippen MR) is 92.9 cm³/mol. The van der Waals surface area contributed by atoms with Crippen LogP contribution >= 0.6 is 0 Å². The zero-order valence-electron chi connectivity index (χ0n) is 14.4. The lowest BCUT2D eigenvalue weighted by Crippen LogP contribution is -2.41. The fraction of sp³-hybridized carbons (Fsp3) is 0.611. The first kappa shape index (κ1) is 16.8. The second kappa shape index (κ2) is 7.70. The third kappa shape index (κ3) is 3.95. The van der Waals surface area contributed by atoms with Gasteiger partial charge in [0, 0.05) is 45.5 Å². The Morgan fingerprint density at radius 2 is 1.96 bits per heavy atom. The van der Waals surface area contributed by atoms with E-state index in [1.807, 2.05) is 18.2 Å². The summed E-state index contributed by atoms with van der Waals surface area (Å²) in [7, 11) is 0. The van der Waals surface area contributed by atoms with Crippen LogP contribution in [-0.2, 0) is 11.3 Å². The highest BCUT2D eigenvalue weighted by Crippen LogP contribution is 2.27. The molecule has 0 bridgehead atoms. The Hall–Kier alpha value is -1.67. The summed E-state index contributed by atoms with van der Waals surface area (Å²) in [5.74, 6) is 2.61. The molecule has 2 aliphatic heterocycles. The second-order valence-electron chi connectivity index (χ2n) is 7.05. The van der Waals surface area contributed by atoms with Gasteiger partial charge in [0.1, 0.15) is 11.5 Å². The zero-order valence-corrected chi connectivity index (χ0v) is 14.4. The minimum absolute atomic E-state index is 0.253. The van der Waals surface area contributed by atoms with E-state index in [1.54, 1.807) is 6.20 Å². The van der Waals surface area contributed by atoms with Crippen molar-refractivity contribution < 1.29 is 14.3 Å². The molecule has 2 fully saturated rings. The van der Waals surface area contributed by atoms with E-state index >= 15 is 0 Å². The molecule has 7 nitrogen and oxygen atoms in total. The molecular weight excluding hydrogens is 320 g/mol. The van der Waals surface area contributed by atoms with Gasteiger partial charge in [-0.05, 0) is 30.0 Å². The largest absolute Gasteiger partial charge is 0.458 e. The number of H-pyrrole nitrogens is 1. The summed E-state index contributed by atoms with van der Waals surface area (Å²) in [6.45, 7) is 7.65. The number of hydrogen-bond acceptors (Lipinski definition) is 6. The number of likely N-dealkylation sites (tertiary alicyclic amines) is 1. The Bertz CT molecular complexity index is 651. The third-order valence-electron chi connectivity index (χ3n) is 5.29. The summed E-state index contributed by atoms with van der Waals surface area (Å²) in [5.41, 5.74) is 0.895. The molecule has 2 aromatic rings. The van der Waals surface area contributed by atoms with Gasteiger partial charge >= 0.3 is 0 Å². The monoisotopic (exact) mass is 346 g/mol. The number of furan rings is 1. The van der Waals surface area contributed by atoms with Crippen molar-refractivity contribution in [2.75, 3.05) is 52.5 Å². The van der Waals surface area contributed by atoms with E-state index in [1.165, 1.54) is 0 Å². The Kier molecular flexibility index (Phi) is 5.17. The number of rotatable bonds is 6. The summed E-state index contributed by atoms with van der Waals surface area (Å²) < 4.78 is 11.4. The van der Waals surface area contributed by atoms with E-state index in [-0.39, 0.29) is 6.61 Å². The maximum Gasteiger partial charge on any atom is 0.152 e. The Morgan fingerprint density at radius 1 is 1.12 bits per heavy atom. The standard InChI is InChI=1S/C18H26N4O3/c23-13-15-11-22(10-14(15)9-21-5-7-24-8-6-21)12-16-1-2-18(25-16)17-3-4-19-20-17/h1-4,14-15,23H,5-13H2,(H,19,20)/t14-,15-/m1/s1. The van der Waals surface area contributed by atoms with Gasteiger partial charge in [0.05, 0.1) is 19.8 Å². The maximum absolute atomic E-state index is 9.77. The van der Waals surface area contributed by atoms with Gasteiger partial charge in [0.2, 0.25) is 0 Å². The number of nitrogens with one attached hydrogen (secondary N) is 1. The van der Waals surface area contributed by atoms with Crippen LogP contribution < -0.4 is 0 Å². The molecule has 2 N–H and O–H groups in total. The molecule has 0 radical (unpaired) electrons. The minimum atomic E-state index is 0.253. The number of ether oxygens (including phenoxy) is 1. The molecule has 4 rings (SSSR count). The smallest absolute Gasteiger partial charge is 0.152 e. The summed E-state index contributed by atoms with van der Waals surface area (Å²) >= 11 is 0. The highest BCUT2D eigenvalue weighted by Gasteiger charge is 2.34. The Morgan fingerprint density at radius 3 is 2.72 bits per heavy atom. The number of morpholine rings is 1. The van der Waals surface area contributed by atoms with Crippen LogP contribution in [0.25, 0.3) is 11.5 Å². The van der Waals surface area contributed by atoms with E-state index in [0.29, 0.717) is 11.8 Å². The van der Waals surface area contributed by atoms with Crippen LogP contribution in [0, 0.1) is 11.8 Å². The van der Waals surface area contributed by atoms with Crippen LogP contribution in [0.5, 0.6) is 0 Å². The summed E-state index contributed by atoms with van der Waals surface area (Å²) in [5, 5.41) is 16.7. The third-order valence-corrected chi connectivity index (χ3v) is 5.29. The van der Waals surface area contributed by atoms with Gasteiger partial charge in [-0.1, -0.05) is 0 Å². The summed E-state index contributed by atoms with van der Waals surface area (Å²) in [4.78, 5) is 4.85. The number of hydrogen-bond donors (Lipinski definition) is 2. The van der Waals surface area contributed by atoms with Crippen molar-refractivity contribution >= 4 is 0 Å². The lowest BCUT2D eigenvalue weighted by atomic mass is 9.96. The summed E-state index contributed by atoms with van der Waals surface area (Å²) in [6.07, 6.45) is 1.72. The minimum Gasteiger partial charge on any atom is -0.458 e. The number of aliphatic hydroxyl groups is 1. The van der Waals surface area contributed by atoms with E-state index < -0.39 is 0 Å². The highest BCUT2D eigenvalue weighted by atomic mass is 16.5. The molecule has 7 heteroatoms. The van der Waals surface area contributed by atoms with E-state index in [9.17, 15) is 5.11 Å². The van der Waals surface area contributed by atoms with Crippen molar-refractivity contribution in [3.05, 3.63) is 30.2 Å². The molecule has 2 aromatic heterocycles. The van der Waals surface area contributed by atoms with Crippen molar-refractivity contribution in [1.82, 2.24) is 20.0 Å². The Labute approximate surface area is 147 Å². The number of nitrogens with zero attached hydrogens (tertiary/aromatic N) is 3. The van der Waals surface area contributed by atoms with Crippen LogP contribution in [0.3, 0.4) is 0 Å². The lowest BCUT2D eigenvalue weighted by molar-refractivity contribution is 0.0264. The van der Waals surface area contributed by atoms with Gasteiger partial charge < -0.3 is 14.3 Å². The predicted octanol–water partition coefficient (Wildman–Crippen LogP) is 1.04. The number of aromatic nitrogens is 2. The number of aromatic amines is 1. The van der Waals surface area contributed by atoms with Crippen LogP contribution in [-0.4, -0.2) is 77.6 Å². The lowest BCUT2D eigenvalue weighted by Gasteiger charge is -2.30. The average Bonchev–Trinajstić information content (AvgIpc) is 3.36. The van der Waals surface area contributed by atoms with Crippen molar-refractivity contribution in [1.29, 1.82) is 0 Å². The second-order valence-corrected chi connectivity index (χ2v) is 7.05. The van der Waals surface area contributed by atoms with Crippen LogP contribution in [0.4, 0.5) is 0 Å². The van der Waals surface area contributed by atoms with E-state index in [2.05, 4.69) is 20.0 Å².